The monoisotopic (exact) mass is 728 g/mol. The van der Waals surface area contributed by atoms with Crippen LogP contribution in [0.2, 0.25) is 0 Å². The number of aryl methyl sites for hydroxylation is 2. The Morgan fingerprint density at radius 3 is 1.67 bits per heavy atom. The van der Waals surface area contributed by atoms with E-state index >= 15 is 0 Å². The molecule has 0 fully saturated rings. The summed E-state index contributed by atoms with van der Waals surface area (Å²) in [6.07, 6.45) is 6.83. The number of ketones is 1. The molecule has 0 aromatic carbocycles. The van der Waals surface area contributed by atoms with Crippen molar-refractivity contribution in [1.29, 1.82) is 0 Å². The molecule has 7 rings (SSSR count). The molecule has 22 nitrogen and oxygen atoms in total. The maximum Gasteiger partial charge on any atom is 0.343 e. The number of nitrogens with two attached hydrogens (primary N) is 2. The fourth-order valence-electron chi connectivity index (χ4n) is 5.14. The van der Waals surface area contributed by atoms with Gasteiger partial charge in [0.05, 0.1) is 36.5 Å². The summed E-state index contributed by atoms with van der Waals surface area (Å²) in [5.41, 5.74) is 13.9. The number of nitrogens with zero attached hydrogens (tertiary/aromatic N) is 16. The Bertz CT molecular complexity index is 2400. The molecule has 54 heavy (non-hydrogen) atoms. The summed E-state index contributed by atoms with van der Waals surface area (Å²) in [7, 11) is 1.21. The number of carbonyl (C=O) groups excluding carboxylic acids is 2. The molecule has 0 saturated carbocycles. The number of methoxy groups -OCH3 is 1. The van der Waals surface area contributed by atoms with Crippen molar-refractivity contribution in [3.63, 3.8) is 0 Å². The standard InChI is InChI=1S/C32H28N18O4/c1-17-26(28(33)47(45-17)22-8-4-6-10-35-22)41-43-30-19(21(52)15-51)13-39-49(30)24-12-25(38-16-37-24)50-31(20(14-40-50)32(53)54-3)44-42-27-18(2)46-48(29(27)34)23-9-5-7-11-36-23/h4-14,16,51H,15,33-34H2,1-3H3/b43-41+,44-42+. The second-order valence-corrected chi connectivity index (χ2v) is 11.1. The van der Waals surface area contributed by atoms with E-state index in [1.165, 1.54) is 50.6 Å². The summed E-state index contributed by atoms with van der Waals surface area (Å²) >= 11 is 0. The Hall–Kier alpha value is -7.88. The molecule has 0 aliphatic heterocycles. The number of hydrogen-bond acceptors (Lipinski definition) is 18. The van der Waals surface area contributed by atoms with Crippen molar-refractivity contribution in [2.45, 2.75) is 13.8 Å². The van der Waals surface area contributed by atoms with Crippen LogP contribution >= 0.6 is 0 Å². The summed E-state index contributed by atoms with van der Waals surface area (Å²) < 4.78 is 10.2. The molecule has 0 aliphatic carbocycles. The Balaban J connectivity index is 1.28. The summed E-state index contributed by atoms with van der Waals surface area (Å²) in [6.45, 7) is 2.54. The topological polar surface area (TPSA) is 288 Å². The van der Waals surface area contributed by atoms with Gasteiger partial charge in [0.15, 0.2) is 63.7 Å². The number of ether oxygens (including phenoxy) is 1. The summed E-state index contributed by atoms with van der Waals surface area (Å²) in [4.78, 5) is 42.7. The van der Waals surface area contributed by atoms with E-state index in [-0.39, 0.29) is 57.4 Å². The lowest BCUT2D eigenvalue weighted by molar-refractivity contribution is 0.0601. The van der Waals surface area contributed by atoms with E-state index in [1.54, 1.807) is 62.6 Å². The maximum atomic E-state index is 12.8. The van der Waals surface area contributed by atoms with Gasteiger partial charge in [0.25, 0.3) is 0 Å². The van der Waals surface area contributed by atoms with Gasteiger partial charge in [0.2, 0.25) is 0 Å². The Kier molecular flexibility index (Phi) is 9.21. The number of anilines is 2. The third kappa shape index (κ3) is 6.30. The highest BCUT2D eigenvalue weighted by Crippen LogP contribution is 2.34. The van der Waals surface area contributed by atoms with E-state index in [0.29, 0.717) is 23.0 Å². The Morgan fingerprint density at radius 1 is 0.704 bits per heavy atom. The molecule has 0 bridgehead atoms. The molecule has 5 N–H and O–H groups in total. The van der Waals surface area contributed by atoms with Gasteiger partial charge in [-0.3, -0.25) is 4.79 Å². The average molecular weight is 729 g/mol. The predicted octanol–water partition coefficient (Wildman–Crippen LogP) is 3.58. The van der Waals surface area contributed by atoms with Crippen molar-refractivity contribution in [2.24, 2.45) is 20.5 Å². The molecule has 0 spiro atoms. The minimum atomic E-state index is -0.829. The second-order valence-electron chi connectivity index (χ2n) is 11.1. The molecule has 0 radical (unpaired) electrons. The van der Waals surface area contributed by atoms with Crippen molar-refractivity contribution in [3.05, 3.63) is 96.1 Å². The summed E-state index contributed by atoms with van der Waals surface area (Å²) in [6, 6.07) is 12.0. The molecule has 0 aliphatic rings. The number of esters is 1. The van der Waals surface area contributed by atoms with Gasteiger partial charge in [-0.15, -0.1) is 20.5 Å². The first-order valence-corrected chi connectivity index (χ1v) is 15.8. The molecule has 22 heteroatoms. The van der Waals surface area contributed by atoms with Crippen molar-refractivity contribution in [3.8, 4) is 23.3 Å². The number of pyridine rings is 2. The summed E-state index contributed by atoms with van der Waals surface area (Å²) in [5.74, 6) is -0.176. The molecular weight excluding hydrogens is 700 g/mol. The smallest absolute Gasteiger partial charge is 0.343 e. The van der Waals surface area contributed by atoms with E-state index < -0.39 is 18.4 Å². The van der Waals surface area contributed by atoms with Gasteiger partial charge in [-0.25, -0.2) is 24.7 Å². The third-order valence-corrected chi connectivity index (χ3v) is 7.76. The third-order valence-electron chi connectivity index (χ3n) is 7.76. The van der Waals surface area contributed by atoms with E-state index in [4.69, 9.17) is 16.2 Å². The zero-order valence-electron chi connectivity index (χ0n) is 28.6. The fourth-order valence-corrected chi connectivity index (χ4v) is 5.14. The number of aliphatic hydroxyl groups excluding tert-OH is 1. The first kappa shape index (κ1) is 34.6. The van der Waals surface area contributed by atoms with Gasteiger partial charge in [-0.1, -0.05) is 12.1 Å². The average Bonchev–Trinajstić information content (AvgIpc) is 3.96. The fraction of sp³-hybridized carbons (Fsp3) is 0.125. The van der Waals surface area contributed by atoms with Gasteiger partial charge in [0.1, 0.15) is 18.5 Å². The highest BCUT2D eigenvalue weighted by atomic mass is 16.5. The number of nitrogen functional groups attached to an aromatic ring is 2. The van der Waals surface area contributed by atoms with Gasteiger partial charge >= 0.3 is 5.97 Å². The lowest BCUT2D eigenvalue weighted by atomic mass is 10.2. The number of hydrogen-bond donors (Lipinski definition) is 3. The minimum Gasteiger partial charge on any atom is -0.465 e. The highest BCUT2D eigenvalue weighted by molar-refractivity contribution is 6.00. The van der Waals surface area contributed by atoms with Crippen molar-refractivity contribution in [2.75, 3.05) is 25.2 Å². The van der Waals surface area contributed by atoms with E-state index in [1.807, 2.05) is 0 Å². The van der Waals surface area contributed by atoms with Gasteiger partial charge in [-0.2, -0.15) is 39.1 Å². The highest BCUT2D eigenvalue weighted by Gasteiger charge is 2.24. The molecular formula is C32H28N18O4. The van der Waals surface area contributed by atoms with Crippen molar-refractivity contribution in [1.82, 2.24) is 59.1 Å². The molecule has 0 unspecified atom stereocenters. The van der Waals surface area contributed by atoms with Crippen LogP contribution in [0.3, 0.4) is 0 Å². The lowest BCUT2D eigenvalue weighted by Gasteiger charge is -2.07. The largest absolute Gasteiger partial charge is 0.465 e. The Morgan fingerprint density at radius 2 is 1.20 bits per heavy atom. The van der Waals surface area contributed by atoms with Crippen LogP contribution in [0.1, 0.15) is 32.1 Å². The molecule has 0 amide bonds. The van der Waals surface area contributed by atoms with Crippen LogP contribution in [0, 0.1) is 13.8 Å². The van der Waals surface area contributed by atoms with Gasteiger partial charge in [-0.05, 0) is 38.1 Å². The number of Topliss-reactive ketones (excluding diaryl/α,β-unsaturated/α-hetero) is 1. The number of aromatic nitrogens is 12. The zero-order valence-corrected chi connectivity index (χ0v) is 28.6. The Labute approximate surface area is 303 Å². The van der Waals surface area contributed by atoms with Crippen LogP contribution in [-0.2, 0) is 4.74 Å². The molecule has 270 valence electrons. The van der Waals surface area contributed by atoms with Gasteiger partial charge in [0, 0.05) is 18.5 Å². The predicted molar refractivity (Wildman–Crippen MR) is 188 cm³/mol. The van der Waals surface area contributed by atoms with Crippen LogP contribution in [0.4, 0.5) is 34.6 Å². The van der Waals surface area contributed by atoms with Crippen LogP contribution in [0.15, 0.2) is 94.0 Å². The quantitative estimate of drug-likeness (QED) is 0.0975. The maximum absolute atomic E-state index is 12.8. The molecule has 0 saturated heterocycles. The number of azo groups is 2. The van der Waals surface area contributed by atoms with Crippen LogP contribution < -0.4 is 11.5 Å². The lowest BCUT2D eigenvalue weighted by Crippen LogP contribution is -2.07. The summed E-state index contributed by atoms with van der Waals surface area (Å²) in [5, 5.41) is 44.4. The first-order valence-electron chi connectivity index (χ1n) is 15.8. The molecule has 7 aromatic heterocycles. The van der Waals surface area contributed by atoms with Crippen LogP contribution in [0.25, 0.3) is 23.3 Å². The number of aliphatic hydroxyl groups is 1. The van der Waals surface area contributed by atoms with Crippen LogP contribution in [0.5, 0.6) is 0 Å². The van der Waals surface area contributed by atoms with Crippen LogP contribution in [-0.4, -0.2) is 89.6 Å². The zero-order chi connectivity index (χ0) is 37.9. The molecule has 7 heterocycles. The SMILES string of the molecule is COC(=O)c1cnn(-c2cc(-n3ncc(C(=O)CO)c3/N=N/c3c(C)nn(-c4ccccn4)c3N)ncn2)c1/N=N/c1c(C)nn(-c2ccccn2)c1N. The second kappa shape index (κ2) is 14.4. The first-order chi connectivity index (χ1) is 26.2. The normalized spacial score (nSPS) is 11.6. The minimum absolute atomic E-state index is 0.0432. The van der Waals surface area contributed by atoms with Crippen molar-refractivity contribution >= 4 is 46.4 Å². The van der Waals surface area contributed by atoms with E-state index in [2.05, 4.69) is 60.8 Å². The number of rotatable bonds is 11. The van der Waals surface area contributed by atoms with E-state index in [9.17, 15) is 14.7 Å². The van der Waals surface area contributed by atoms with E-state index in [0.717, 1.165) is 0 Å². The molecule has 7 aromatic rings. The number of carbonyl (C=O) groups is 2. The van der Waals surface area contributed by atoms with Crippen molar-refractivity contribution < 1.29 is 19.4 Å². The van der Waals surface area contributed by atoms with Gasteiger partial charge < -0.3 is 21.3 Å². The molecule has 0 atom stereocenters.